The fourth-order valence-electron chi connectivity index (χ4n) is 4.08. The number of allylic oxidation sites excluding steroid dienone is 2. The fraction of sp³-hybridized carbons (Fsp3) is 0.522. The fourth-order valence-corrected chi connectivity index (χ4v) is 4.08. The van der Waals surface area contributed by atoms with Crippen LogP contribution < -0.4 is 10.1 Å². The third kappa shape index (κ3) is 4.69. The van der Waals surface area contributed by atoms with Crippen molar-refractivity contribution < 1.29 is 19.1 Å². The lowest BCUT2D eigenvalue weighted by molar-refractivity contribution is -0.148. The molecule has 1 N–H and O–H groups in total. The van der Waals surface area contributed by atoms with E-state index in [1.807, 2.05) is 57.2 Å². The number of aryl methyl sites for hydroxylation is 1. The van der Waals surface area contributed by atoms with Crippen molar-refractivity contribution in [3.8, 4) is 5.75 Å². The highest BCUT2D eigenvalue weighted by molar-refractivity contribution is 6.08. The number of nitrogens with one attached hydrogen (secondary N) is 1. The van der Waals surface area contributed by atoms with Crippen LogP contribution in [-0.4, -0.2) is 41.8 Å². The van der Waals surface area contributed by atoms with E-state index in [0.29, 0.717) is 32.4 Å². The molecule has 29 heavy (non-hydrogen) atoms. The first kappa shape index (κ1) is 21.1. The molecule has 0 spiro atoms. The summed E-state index contributed by atoms with van der Waals surface area (Å²) in [6.07, 6.45) is 5.51. The Labute approximate surface area is 172 Å². The van der Waals surface area contributed by atoms with Crippen LogP contribution in [0.1, 0.15) is 38.7 Å². The number of amides is 3. The van der Waals surface area contributed by atoms with Crippen LogP contribution in [0.4, 0.5) is 0 Å². The Bertz CT molecular complexity index is 776. The molecule has 156 valence electrons. The molecular formula is C23H30N2O4. The van der Waals surface area contributed by atoms with Crippen LogP contribution in [0.2, 0.25) is 0 Å². The molecule has 1 aliphatic heterocycles. The van der Waals surface area contributed by atoms with Crippen LogP contribution in [0.15, 0.2) is 36.4 Å². The van der Waals surface area contributed by atoms with Crippen molar-refractivity contribution in [2.75, 3.05) is 13.2 Å². The minimum absolute atomic E-state index is 0.176. The third-order valence-electron chi connectivity index (χ3n) is 5.60. The number of hydrogen-bond donors (Lipinski definition) is 1. The van der Waals surface area contributed by atoms with Crippen molar-refractivity contribution in [2.45, 2.75) is 46.1 Å². The highest BCUT2D eigenvalue weighted by atomic mass is 16.5. The Morgan fingerprint density at radius 3 is 2.34 bits per heavy atom. The Morgan fingerprint density at radius 2 is 1.76 bits per heavy atom. The largest absolute Gasteiger partial charge is 0.491 e. The van der Waals surface area contributed by atoms with Gasteiger partial charge in [0.1, 0.15) is 18.4 Å². The van der Waals surface area contributed by atoms with Gasteiger partial charge in [0.15, 0.2) is 0 Å². The van der Waals surface area contributed by atoms with Crippen LogP contribution in [0.3, 0.4) is 0 Å². The summed E-state index contributed by atoms with van der Waals surface area (Å²) in [6, 6.07) is 6.93. The zero-order chi connectivity index (χ0) is 21.0. The van der Waals surface area contributed by atoms with Crippen LogP contribution in [-0.2, 0) is 14.4 Å². The molecule has 1 aromatic carbocycles. The maximum absolute atomic E-state index is 12.9. The third-order valence-corrected chi connectivity index (χ3v) is 5.60. The SMILES string of the molecule is Cc1ccccc1OCCNC(=O)C(CC(C)C)N1C(=O)C2CC=CCC2C1=O. The molecule has 2 aliphatic rings. The number of nitrogens with zero attached hydrogens (tertiary/aromatic N) is 1. The smallest absolute Gasteiger partial charge is 0.243 e. The Hall–Kier alpha value is -2.63. The first-order valence-electron chi connectivity index (χ1n) is 10.4. The second-order valence-corrected chi connectivity index (χ2v) is 8.25. The maximum Gasteiger partial charge on any atom is 0.243 e. The molecule has 0 bridgehead atoms. The monoisotopic (exact) mass is 398 g/mol. The van der Waals surface area contributed by atoms with Crippen molar-refractivity contribution in [3.63, 3.8) is 0 Å². The number of fused-ring (bicyclic) bond motifs is 1. The first-order chi connectivity index (χ1) is 13.9. The van der Waals surface area contributed by atoms with Gasteiger partial charge in [-0.25, -0.2) is 0 Å². The van der Waals surface area contributed by atoms with Crippen LogP contribution in [0.25, 0.3) is 0 Å². The zero-order valence-electron chi connectivity index (χ0n) is 17.4. The van der Waals surface area contributed by atoms with Gasteiger partial charge in [0.25, 0.3) is 0 Å². The van der Waals surface area contributed by atoms with Crippen molar-refractivity contribution in [2.24, 2.45) is 17.8 Å². The molecule has 1 aliphatic carbocycles. The van der Waals surface area contributed by atoms with Gasteiger partial charge < -0.3 is 10.1 Å². The quantitative estimate of drug-likeness (QED) is 0.415. The van der Waals surface area contributed by atoms with E-state index >= 15 is 0 Å². The second-order valence-electron chi connectivity index (χ2n) is 8.25. The van der Waals surface area contributed by atoms with Gasteiger partial charge in [0.05, 0.1) is 18.4 Å². The van der Waals surface area contributed by atoms with E-state index in [2.05, 4.69) is 5.32 Å². The van der Waals surface area contributed by atoms with Crippen LogP contribution in [0.5, 0.6) is 5.75 Å². The molecule has 6 heteroatoms. The number of hydrogen-bond acceptors (Lipinski definition) is 4. The van der Waals surface area contributed by atoms with E-state index in [0.717, 1.165) is 11.3 Å². The van der Waals surface area contributed by atoms with E-state index in [1.54, 1.807) is 0 Å². The lowest BCUT2D eigenvalue weighted by Crippen LogP contribution is -2.51. The predicted molar refractivity (Wildman–Crippen MR) is 110 cm³/mol. The summed E-state index contributed by atoms with van der Waals surface area (Å²) in [5.41, 5.74) is 1.03. The number of para-hydroxylation sites is 1. The van der Waals surface area contributed by atoms with Crippen LogP contribution in [0, 0.1) is 24.7 Å². The summed E-state index contributed by atoms with van der Waals surface area (Å²) >= 11 is 0. The van der Waals surface area contributed by atoms with Gasteiger partial charge in [-0.1, -0.05) is 44.2 Å². The number of imide groups is 1. The topological polar surface area (TPSA) is 75.7 Å². The number of benzene rings is 1. The molecule has 3 amide bonds. The molecule has 1 saturated heterocycles. The highest BCUT2D eigenvalue weighted by Gasteiger charge is 2.51. The van der Waals surface area contributed by atoms with E-state index in [-0.39, 0.29) is 35.5 Å². The van der Waals surface area contributed by atoms with Gasteiger partial charge in [0.2, 0.25) is 17.7 Å². The van der Waals surface area contributed by atoms with E-state index in [9.17, 15) is 14.4 Å². The highest BCUT2D eigenvalue weighted by Crippen LogP contribution is 2.37. The summed E-state index contributed by atoms with van der Waals surface area (Å²) in [7, 11) is 0. The number of carbonyl (C=O) groups is 3. The number of likely N-dealkylation sites (tertiary alicyclic amines) is 1. The summed E-state index contributed by atoms with van der Waals surface area (Å²) in [6.45, 7) is 6.57. The van der Waals surface area contributed by atoms with E-state index in [1.165, 1.54) is 4.90 Å². The molecule has 1 fully saturated rings. The van der Waals surface area contributed by atoms with Gasteiger partial charge in [-0.3, -0.25) is 19.3 Å². The Kier molecular flexibility index (Phi) is 6.72. The van der Waals surface area contributed by atoms with Crippen molar-refractivity contribution in [1.29, 1.82) is 0 Å². The first-order valence-corrected chi connectivity index (χ1v) is 10.4. The van der Waals surface area contributed by atoms with Gasteiger partial charge in [-0.2, -0.15) is 0 Å². The Balaban J connectivity index is 1.62. The van der Waals surface area contributed by atoms with E-state index < -0.39 is 6.04 Å². The molecule has 6 nitrogen and oxygen atoms in total. The van der Waals surface area contributed by atoms with Gasteiger partial charge in [0, 0.05) is 0 Å². The lowest BCUT2D eigenvalue weighted by atomic mass is 9.85. The molecule has 1 heterocycles. The molecule has 1 aromatic rings. The molecule has 3 atom stereocenters. The maximum atomic E-state index is 12.9. The normalized spacial score (nSPS) is 22.0. The molecule has 3 unspecified atom stereocenters. The average Bonchev–Trinajstić information content (AvgIpc) is 2.95. The van der Waals surface area contributed by atoms with Gasteiger partial charge >= 0.3 is 0 Å². The predicted octanol–water partition coefficient (Wildman–Crippen LogP) is 2.86. The number of carbonyl (C=O) groups excluding carboxylic acids is 3. The van der Waals surface area contributed by atoms with Gasteiger partial charge in [-0.15, -0.1) is 0 Å². The molecule has 3 rings (SSSR count). The standard InChI is InChI=1S/C23H30N2O4/c1-15(2)14-19(25-22(27)17-9-5-6-10-18(17)23(25)28)21(26)24-12-13-29-20-11-7-4-8-16(20)3/h4-8,11,15,17-19H,9-10,12-14H2,1-3H3,(H,24,26). The molecular weight excluding hydrogens is 368 g/mol. The summed E-state index contributed by atoms with van der Waals surface area (Å²) < 4.78 is 5.72. The molecule has 0 aromatic heterocycles. The summed E-state index contributed by atoms with van der Waals surface area (Å²) in [5.74, 6) is -0.390. The average molecular weight is 399 g/mol. The van der Waals surface area contributed by atoms with Crippen molar-refractivity contribution in [1.82, 2.24) is 10.2 Å². The number of rotatable bonds is 8. The van der Waals surface area contributed by atoms with Gasteiger partial charge in [-0.05, 0) is 43.7 Å². The second kappa shape index (κ2) is 9.25. The molecule has 0 radical (unpaired) electrons. The Morgan fingerprint density at radius 1 is 1.14 bits per heavy atom. The molecule has 0 saturated carbocycles. The van der Waals surface area contributed by atoms with Crippen molar-refractivity contribution >= 4 is 17.7 Å². The van der Waals surface area contributed by atoms with Crippen LogP contribution >= 0.6 is 0 Å². The lowest BCUT2D eigenvalue weighted by Gasteiger charge is -2.27. The number of ether oxygens (including phenoxy) is 1. The summed E-state index contributed by atoms with van der Waals surface area (Å²) in [5, 5.41) is 2.85. The summed E-state index contributed by atoms with van der Waals surface area (Å²) in [4.78, 5) is 39.9. The minimum Gasteiger partial charge on any atom is -0.491 e. The van der Waals surface area contributed by atoms with Crippen molar-refractivity contribution in [3.05, 3.63) is 42.0 Å². The minimum atomic E-state index is -0.765. The van der Waals surface area contributed by atoms with E-state index in [4.69, 9.17) is 4.74 Å². The zero-order valence-corrected chi connectivity index (χ0v) is 17.4.